The van der Waals surface area contributed by atoms with Crippen LogP contribution in [0, 0.1) is 6.92 Å². The van der Waals surface area contributed by atoms with Gasteiger partial charge in [0, 0.05) is 11.3 Å². The predicted molar refractivity (Wildman–Crippen MR) is 94.0 cm³/mol. The van der Waals surface area contributed by atoms with Crippen LogP contribution in [0.5, 0.6) is 0 Å². The van der Waals surface area contributed by atoms with Crippen molar-refractivity contribution in [2.45, 2.75) is 51.5 Å². The van der Waals surface area contributed by atoms with Crippen LogP contribution in [-0.2, 0) is 6.54 Å². The highest BCUT2D eigenvalue weighted by molar-refractivity contribution is 6.10. The van der Waals surface area contributed by atoms with E-state index in [-0.39, 0.29) is 5.91 Å². The second-order valence-corrected chi connectivity index (χ2v) is 6.98. The molecule has 2 aromatic carbocycles. The highest BCUT2D eigenvalue weighted by Crippen LogP contribution is 2.34. The summed E-state index contributed by atoms with van der Waals surface area (Å²) in [5.41, 5.74) is 5.60. The van der Waals surface area contributed by atoms with Crippen LogP contribution in [0.2, 0.25) is 0 Å². The van der Waals surface area contributed by atoms with E-state index in [1.807, 2.05) is 17.9 Å². The number of carbonyl (C=O) groups excluding carboxylic acids is 1. The lowest BCUT2D eigenvalue weighted by Gasteiger charge is -2.23. The van der Waals surface area contributed by atoms with Crippen LogP contribution in [-0.4, -0.2) is 5.91 Å². The molecule has 2 heteroatoms. The number of anilines is 1. The fraction of sp³-hybridized carbons (Fsp3) is 0.381. The molecule has 23 heavy (non-hydrogen) atoms. The summed E-state index contributed by atoms with van der Waals surface area (Å²) < 4.78 is 0. The summed E-state index contributed by atoms with van der Waals surface area (Å²) in [7, 11) is 0. The molecule has 0 bridgehead atoms. The normalized spacial score (nSPS) is 18.3. The first kappa shape index (κ1) is 14.5. The largest absolute Gasteiger partial charge is 0.304 e. The molecule has 1 saturated carbocycles. The number of carbonyl (C=O) groups is 1. The summed E-state index contributed by atoms with van der Waals surface area (Å²) in [4.78, 5) is 14.6. The monoisotopic (exact) mass is 305 g/mol. The number of amides is 1. The average Bonchev–Trinajstić information content (AvgIpc) is 2.92. The summed E-state index contributed by atoms with van der Waals surface area (Å²) in [6.45, 7) is 2.73. The molecule has 0 spiro atoms. The molecule has 0 N–H and O–H groups in total. The summed E-state index contributed by atoms with van der Waals surface area (Å²) in [6.07, 6.45) is 6.71. The van der Waals surface area contributed by atoms with Gasteiger partial charge in [0.25, 0.3) is 5.91 Å². The van der Waals surface area contributed by atoms with Gasteiger partial charge in [0.1, 0.15) is 0 Å². The van der Waals surface area contributed by atoms with Crippen molar-refractivity contribution < 1.29 is 4.79 Å². The number of hydrogen-bond acceptors (Lipinski definition) is 1. The van der Waals surface area contributed by atoms with E-state index in [0.29, 0.717) is 12.5 Å². The Morgan fingerprint density at radius 3 is 2.43 bits per heavy atom. The van der Waals surface area contributed by atoms with Crippen molar-refractivity contribution in [2.24, 2.45) is 0 Å². The first-order chi connectivity index (χ1) is 11.2. The van der Waals surface area contributed by atoms with Gasteiger partial charge in [-0.15, -0.1) is 0 Å². The molecule has 0 unspecified atom stereocenters. The zero-order chi connectivity index (χ0) is 15.8. The molecule has 1 amide bonds. The van der Waals surface area contributed by atoms with Gasteiger partial charge in [0.05, 0.1) is 6.54 Å². The Morgan fingerprint density at radius 1 is 0.957 bits per heavy atom. The van der Waals surface area contributed by atoms with Crippen molar-refractivity contribution >= 4 is 11.6 Å². The van der Waals surface area contributed by atoms with E-state index in [9.17, 15) is 4.79 Å². The van der Waals surface area contributed by atoms with Gasteiger partial charge in [-0.05, 0) is 55.0 Å². The minimum atomic E-state index is 0.133. The van der Waals surface area contributed by atoms with E-state index in [1.165, 1.54) is 37.7 Å². The van der Waals surface area contributed by atoms with E-state index in [4.69, 9.17) is 0 Å². The Labute approximate surface area is 138 Å². The van der Waals surface area contributed by atoms with Crippen molar-refractivity contribution in [1.82, 2.24) is 0 Å². The molecule has 0 radical (unpaired) electrons. The van der Waals surface area contributed by atoms with Crippen LogP contribution in [0.25, 0.3) is 0 Å². The van der Waals surface area contributed by atoms with Gasteiger partial charge in [-0.1, -0.05) is 49.1 Å². The minimum absolute atomic E-state index is 0.133. The lowest BCUT2D eigenvalue weighted by Crippen LogP contribution is -2.23. The van der Waals surface area contributed by atoms with Gasteiger partial charge in [-0.2, -0.15) is 0 Å². The maximum Gasteiger partial charge on any atom is 0.258 e. The fourth-order valence-corrected chi connectivity index (χ4v) is 3.99. The number of nitrogens with zero attached hydrogens (tertiary/aromatic N) is 1. The van der Waals surface area contributed by atoms with E-state index in [0.717, 1.165) is 22.4 Å². The van der Waals surface area contributed by atoms with Crippen molar-refractivity contribution in [1.29, 1.82) is 0 Å². The quantitative estimate of drug-likeness (QED) is 0.746. The molecule has 0 saturated heterocycles. The molecular weight excluding hydrogens is 282 g/mol. The number of fused-ring (bicyclic) bond motifs is 1. The van der Waals surface area contributed by atoms with Crippen molar-refractivity contribution in [3.8, 4) is 0 Å². The van der Waals surface area contributed by atoms with Crippen LogP contribution in [0.3, 0.4) is 0 Å². The molecule has 2 aliphatic rings. The smallest absolute Gasteiger partial charge is 0.258 e. The number of rotatable bonds is 2. The van der Waals surface area contributed by atoms with Gasteiger partial charge < -0.3 is 4.90 Å². The van der Waals surface area contributed by atoms with Crippen LogP contribution >= 0.6 is 0 Å². The molecule has 0 atom stereocenters. The van der Waals surface area contributed by atoms with Gasteiger partial charge in [-0.3, -0.25) is 4.79 Å². The van der Waals surface area contributed by atoms with Crippen LogP contribution < -0.4 is 4.90 Å². The zero-order valence-corrected chi connectivity index (χ0v) is 13.7. The first-order valence-corrected chi connectivity index (χ1v) is 8.74. The van der Waals surface area contributed by atoms with Gasteiger partial charge in [0.15, 0.2) is 0 Å². The van der Waals surface area contributed by atoms with Gasteiger partial charge in [0.2, 0.25) is 0 Å². The number of aryl methyl sites for hydroxylation is 1. The summed E-state index contributed by atoms with van der Waals surface area (Å²) >= 11 is 0. The first-order valence-electron chi connectivity index (χ1n) is 8.74. The Bertz CT molecular complexity index is 726. The topological polar surface area (TPSA) is 20.3 Å². The van der Waals surface area contributed by atoms with Crippen molar-refractivity contribution in [2.75, 3.05) is 4.90 Å². The Balaban J connectivity index is 1.56. The average molecular weight is 305 g/mol. The summed E-state index contributed by atoms with van der Waals surface area (Å²) in [5.74, 6) is 0.848. The third kappa shape index (κ3) is 2.67. The number of hydrogen-bond donors (Lipinski definition) is 0. The molecule has 2 aromatic rings. The maximum absolute atomic E-state index is 12.7. The molecule has 1 fully saturated rings. The van der Waals surface area contributed by atoms with Crippen molar-refractivity contribution in [3.63, 3.8) is 0 Å². The third-order valence-electron chi connectivity index (χ3n) is 5.35. The van der Waals surface area contributed by atoms with E-state index >= 15 is 0 Å². The predicted octanol–water partition coefficient (Wildman–Crippen LogP) is 5.20. The molecule has 4 rings (SSSR count). The second kappa shape index (κ2) is 5.84. The van der Waals surface area contributed by atoms with Gasteiger partial charge >= 0.3 is 0 Å². The fourth-order valence-electron chi connectivity index (χ4n) is 3.99. The van der Waals surface area contributed by atoms with Crippen molar-refractivity contribution in [3.05, 3.63) is 64.7 Å². The van der Waals surface area contributed by atoms with Crippen LogP contribution in [0.15, 0.2) is 42.5 Å². The molecule has 1 aliphatic carbocycles. The third-order valence-corrected chi connectivity index (χ3v) is 5.35. The zero-order valence-electron chi connectivity index (χ0n) is 13.7. The number of benzene rings is 2. The van der Waals surface area contributed by atoms with Crippen LogP contribution in [0.4, 0.5) is 5.69 Å². The van der Waals surface area contributed by atoms with E-state index in [2.05, 4.69) is 36.4 Å². The van der Waals surface area contributed by atoms with Crippen LogP contribution in [0.1, 0.15) is 65.1 Å². The molecule has 118 valence electrons. The highest BCUT2D eigenvalue weighted by Gasteiger charge is 2.28. The highest BCUT2D eigenvalue weighted by atomic mass is 16.2. The minimum Gasteiger partial charge on any atom is -0.304 e. The Morgan fingerprint density at radius 2 is 1.70 bits per heavy atom. The molecular formula is C21H23NO. The molecule has 2 nitrogen and oxygen atoms in total. The summed E-state index contributed by atoms with van der Waals surface area (Å²) in [6, 6.07) is 14.9. The SMILES string of the molecule is Cc1ccc2c(c1)C(=O)N(c1ccc(C3CCCCC3)cc1)C2. The maximum atomic E-state index is 12.7. The standard InChI is InChI=1S/C21H23NO/c1-15-7-8-18-14-22(21(23)20(18)13-15)19-11-9-17(10-12-19)16-5-3-2-4-6-16/h7-13,16H,2-6,14H2,1H3. The van der Waals surface area contributed by atoms with Gasteiger partial charge in [-0.25, -0.2) is 0 Å². The lowest BCUT2D eigenvalue weighted by molar-refractivity contribution is 0.0996. The molecule has 1 heterocycles. The van der Waals surface area contributed by atoms with E-state index < -0.39 is 0 Å². The Kier molecular flexibility index (Phi) is 3.68. The molecule has 0 aromatic heterocycles. The second-order valence-electron chi connectivity index (χ2n) is 6.98. The molecule has 1 aliphatic heterocycles. The lowest BCUT2D eigenvalue weighted by atomic mass is 9.84. The van der Waals surface area contributed by atoms with E-state index in [1.54, 1.807) is 0 Å². The summed E-state index contributed by atoms with van der Waals surface area (Å²) in [5, 5.41) is 0. The Hall–Kier alpha value is -2.09.